The molecule has 13 heavy (non-hydrogen) atoms. The van der Waals surface area contributed by atoms with Crippen molar-refractivity contribution in [3.05, 3.63) is 42.2 Å². The zero-order valence-electron chi connectivity index (χ0n) is 7.10. The predicted octanol–water partition coefficient (Wildman–Crippen LogP) is 1.63. The summed E-state index contributed by atoms with van der Waals surface area (Å²) in [6.07, 6.45) is 1.76. The van der Waals surface area contributed by atoms with Gasteiger partial charge in [-0.3, -0.25) is 9.82 Å². The molecule has 0 bridgehead atoms. The Labute approximate surface area is 76.1 Å². The first-order valence-electron chi connectivity index (χ1n) is 4.06. The minimum absolute atomic E-state index is 0.349. The van der Waals surface area contributed by atoms with Crippen molar-refractivity contribution in [3.8, 4) is 0 Å². The lowest BCUT2D eigenvalue weighted by Crippen LogP contribution is -2.01. The molecule has 0 aliphatic carbocycles. The third kappa shape index (κ3) is 1.52. The second-order valence-corrected chi connectivity index (χ2v) is 2.79. The van der Waals surface area contributed by atoms with Gasteiger partial charge in [-0.15, -0.1) is 0 Å². The van der Waals surface area contributed by atoms with E-state index >= 15 is 0 Å². The van der Waals surface area contributed by atoms with Gasteiger partial charge in [0.1, 0.15) is 6.61 Å². The summed E-state index contributed by atoms with van der Waals surface area (Å²) in [5.74, 6) is 5.01. The van der Waals surface area contributed by atoms with Crippen molar-refractivity contribution in [2.75, 3.05) is 0 Å². The summed E-state index contributed by atoms with van der Waals surface area (Å²) in [5, 5.41) is 2.25. The number of hydrogen-bond donors (Lipinski definition) is 1. The van der Waals surface area contributed by atoms with Crippen LogP contribution in [0.1, 0.15) is 5.69 Å². The Hall–Kier alpha value is -1.45. The van der Waals surface area contributed by atoms with E-state index in [9.17, 15) is 0 Å². The monoisotopic (exact) mass is 174 g/mol. The molecule has 3 nitrogen and oxygen atoms in total. The van der Waals surface area contributed by atoms with E-state index in [4.69, 9.17) is 5.90 Å². The van der Waals surface area contributed by atoms with Crippen LogP contribution < -0.4 is 5.90 Å². The van der Waals surface area contributed by atoms with Gasteiger partial charge >= 0.3 is 0 Å². The average Bonchev–Trinajstić information content (AvgIpc) is 2.19. The maximum absolute atomic E-state index is 5.01. The number of fused-ring (bicyclic) bond motifs is 1. The van der Waals surface area contributed by atoms with Gasteiger partial charge in [-0.2, -0.15) is 0 Å². The van der Waals surface area contributed by atoms with Crippen LogP contribution in [0.5, 0.6) is 0 Å². The molecule has 3 heteroatoms. The van der Waals surface area contributed by atoms with E-state index in [-0.39, 0.29) is 0 Å². The first kappa shape index (κ1) is 8.16. The molecule has 66 valence electrons. The summed E-state index contributed by atoms with van der Waals surface area (Å²) in [6.45, 7) is 0.349. The Morgan fingerprint density at radius 1 is 1.23 bits per heavy atom. The number of hydrogen-bond acceptors (Lipinski definition) is 3. The van der Waals surface area contributed by atoms with Crippen LogP contribution in [0.4, 0.5) is 0 Å². The van der Waals surface area contributed by atoms with Crippen LogP contribution in [0.15, 0.2) is 36.5 Å². The van der Waals surface area contributed by atoms with E-state index in [1.165, 1.54) is 0 Å². The third-order valence-corrected chi connectivity index (χ3v) is 1.98. The largest absolute Gasteiger partial charge is 0.298 e. The Balaban J connectivity index is 2.61. The Morgan fingerprint density at radius 3 is 2.92 bits per heavy atom. The highest BCUT2D eigenvalue weighted by Gasteiger charge is 1.99. The number of nitrogens with two attached hydrogens (primary N) is 1. The van der Waals surface area contributed by atoms with Crippen LogP contribution in [0.2, 0.25) is 0 Å². The van der Waals surface area contributed by atoms with Crippen molar-refractivity contribution in [2.24, 2.45) is 5.90 Å². The van der Waals surface area contributed by atoms with Crippen molar-refractivity contribution in [2.45, 2.75) is 6.61 Å². The molecule has 0 amide bonds. The van der Waals surface area contributed by atoms with Crippen LogP contribution in [0.3, 0.4) is 0 Å². The highest BCUT2D eigenvalue weighted by molar-refractivity contribution is 5.84. The van der Waals surface area contributed by atoms with Crippen LogP contribution in [-0.2, 0) is 11.4 Å². The molecular weight excluding hydrogens is 164 g/mol. The molecule has 0 saturated heterocycles. The molecule has 0 atom stereocenters. The predicted molar refractivity (Wildman–Crippen MR) is 50.7 cm³/mol. The molecule has 0 radical (unpaired) electrons. The van der Waals surface area contributed by atoms with Gasteiger partial charge in [0.25, 0.3) is 0 Å². The van der Waals surface area contributed by atoms with Crippen molar-refractivity contribution in [1.29, 1.82) is 0 Å². The summed E-state index contributed by atoms with van der Waals surface area (Å²) in [4.78, 5) is 8.77. The lowest BCUT2D eigenvalue weighted by Gasteiger charge is -2.02. The van der Waals surface area contributed by atoms with E-state index < -0.39 is 0 Å². The van der Waals surface area contributed by atoms with Gasteiger partial charge in [0.05, 0.1) is 5.69 Å². The Morgan fingerprint density at radius 2 is 2.08 bits per heavy atom. The van der Waals surface area contributed by atoms with Crippen LogP contribution >= 0.6 is 0 Å². The summed E-state index contributed by atoms with van der Waals surface area (Å²) in [7, 11) is 0. The number of aromatic nitrogens is 1. The molecule has 2 aromatic rings. The van der Waals surface area contributed by atoms with E-state index in [1.54, 1.807) is 6.20 Å². The van der Waals surface area contributed by atoms with Crippen LogP contribution in [0, 0.1) is 0 Å². The van der Waals surface area contributed by atoms with E-state index in [1.807, 2.05) is 30.3 Å². The molecule has 0 aliphatic heterocycles. The topological polar surface area (TPSA) is 48.1 Å². The molecule has 0 unspecified atom stereocenters. The SMILES string of the molecule is NOCc1nccc2ccccc12. The lowest BCUT2D eigenvalue weighted by molar-refractivity contribution is 0.122. The van der Waals surface area contributed by atoms with Gasteiger partial charge in [-0.1, -0.05) is 24.3 Å². The number of rotatable bonds is 2. The second kappa shape index (κ2) is 3.51. The third-order valence-electron chi connectivity index (χ3n) is 1.98. The van der Waals surface area contributed by atoms with Gasteiger partial charge in [0.15, 0.2) is 0 Å². The molecule has 0 spiro atoms. The summed E-state index contributed by atoms with van der Waals surface area (Å²) in [5.41, 5.74) is 0.876. The first-order chi connectivity index (χ1) is 6.42. The summed E-state index contributed by atoms with van der Waals surface area (Å²) < 4.78 is 0. The van der Waals surface area contributed by atoms with Crippen molar-refractivity contribution in [1.82, 2.24) is 4.98 Å². The van der Waals surface area contributed by atoms with Crippen molar-refractivity contribution in [3.63, 3.8) is 0 Å². The van der Waals surface area contributed by atoms with Gasteiger partial charge < -0.3 is 0 Å². The number of nitrogens with zero attached hydrogens (tertiary/aromatic N) is 1. The molecule has 1 aromatic heterocycles. The quantitative estimate of drug-likeness (QED) is 0.704. The molecule has 0 fully saturated rings. The van der Waals surface area contributed by atoms with E-state index in [0.717, 1.165) is 16.5 Å². The van der Waals surface area contributed by atoms with Crippen LogP contribution in [0.25, 0.3) is 10.8 Å². The van der Waals surface area contributed by atoms with Gasteiger partial charge in [0, 0.05) is 11.6 Å². The standard InChI is InChI=1S/C10H10N2O/c11-13-7-10-9-4-2-1-3-8(9)5-6-12-10/h1-6H,7,11H2. The first-order valence-corrected chi connectivity index (χ1v) is 4.06. The molecule has 0 saturated carbocycles. The minimum atomic E-state index is 0.349. The summed E-state index contributed by atoms with van der Waals surface area (Å²) in [6, 6.07) is 9.99. The van der Waals surface area contributed by atoms with Gasteiger partial charge in [-0.05, 0) is 11.5 Å². The normalized spacial score (nSPS) is 10.5. The van der Waals surface area contributed by atoms with E-state index in [0.29, 0.717) is 6.61 Å². The molecule has 2 rings (SSSR count). The zero-order valence-corrected chi connectivity index (χ0v) is 7.10. The van der Waals surface area contributed by atoms with E-state index in [2.05, 4.69) is 9.82 Å². The van der Waals surface area contributed by atoms with Crippen LogP contribution in [-0.4, -0.2) is 4.98 Å². The molecule has 0 aliphatic rings. The van der Waals surface area contributed by atoms with Gasteiger partial charge in [0.2, 0.25) is 0 Å². The smallest absolute Gasteiger partial charge is 0.111 e. The fourth-order valence-electron chi connectivity index (χ4n) is 1.38. The lowest BCUT2D eigenvalue weighted by atomic mass is 10.1. The summed E-state index contributed by atoms with van der Waals surface area (Å²) >= 11 is 0. The molecule has 2 N–H and O–H groups in total. The molecule has 1 aromatic carbocycles. The fraction of sp³-hybridized carbons (Fsp3) is 0.100. The zero-order chi connectivity index (χ0) is 9.10. The van der Waals surface area contributed by atoms with Crippen molar-refractivity contribution >= 4 is 10.8 Å². The maximum Gasteiger partial charge on any atom is 0.111 e. The molecule has 1 heterocycles. The van der Waals surface area contributed by atoms with Crippen molar-refractivity contribution < 1.29 is 4.84 Å². The number of benzene rings is 1. The molecular formula is C10H10N2O. The highest BCUT2D eigenvalue weighted by Crippen LogP contribution is 2.16. The highest BCUT2D eigenvalue weighted by atomic mass is 16.6. The van der Waals surface area contributed by atoms with Gasteiger partial charge in [-0.25, -0.2) is 5.90 Å². The maximum atomic E-state index is 5.01. The Kier molecular flexibility index (Phi) is 2.21. The Bertz CT molecular complexity index is 409. The minimum Gasteiger partial charge on any atom is -0.298 e. The number of pyridine rings is 1. The fourth-order valence-corrected chi connectivity index (χ4v) is 1.38. The second-order valence-electron chi connectivity index (χ2n) is 2.79. The average molecular weight is 174 g/mol.